The summed E-state index contributed by atoms with van der Waals surface area (Å²) < 4.78 is 0. The van der Waals surface area contributed by atoms with E-state index in [1.807, 2.05) is 6.92 Å². The normalized spacial score (nSPS) is 45.5. The number of carbonyl (C=O) groups excluding carboxylic acids is 2. The van der Waals surface area contributed by atoms with Crippen molar-refractivity contribution in [1.82, 2.24) is 0 Å². The molecule has 0 bridgehead atoms. The molecular formula is C28H44O5. The van der Waals surface area contributed by atoms with Crippen molar-refractivity contribution >= 4 is 11.6 Å². The predicted molar refractivity (Wildman–Crippen MR) is 127 cm³/mol. The Hall–Kier alpha value is -1.04. The number of hydrogen-bond acceptors (Lipinski definition) is 5. The third kappa shape index (κ3) is 3.77. The molecule has 0 aliphatic heterocycles. The highest BCUT2D eigenvalue weighted by atomic mass is 16.3. The Labute approximate surface area is 199 Å². The van der Waals surface area contributed by atoms with Gasteiger partial charge in [0.15, 0.2) is 5.78 Å². The van der Waals surface area contributed by atoms with Crippen molar-refractivity contribution in [2.24, 2.45) is 46.3 Å². The first kappa shape index (κ1) is 25.1. The second kappa shape index (κ2) is 8.57. The average Bonchev–Trinajstić information content (AvgIpc) is 3.13. The van der Waals surface area contributed by atoms with Crippen molar-refractivity contribution in [2.75, 3.05) is 6.61 Å². The van der Waals surface area contributed by atoms with E-state index in [4.69, 9.17) is 0 Å². The molecule has 5 heteroatoms. The molecule has 33 heavy (non-hydrogen) atoms. The lowest BCUT2D eigenvalue weighted by Crippen LogP contribution is -2.61. The van der Waals surface area contributed by atoms with Crippen LogP contribution in [-0.2, 0) is 9.59 Å². The summed E-state index contributed by atoms with van der Waals surface area (Å²) >= 11 is 0. The number of fused-ring (bicyclic) bond motifs is 5. The van der Waals surface area contributed by atoms with Gasteiger partial charge in [-0.25, -0.2) is 0 Å². The van der Waals surface area contributed by atoms with Gasteiger partial charge in [0, 0.05) is 17.8 Å². The highest BCUT2D eigenvalue weighted by molar-refractivity contribution is 6.01. The lowest BCUT2D eigenvalue weighted by molar-refractivity contribution is -0.171. The minimum absolute atomic E-state index is 0.00183. The number of aliphatic hydroxyl groups excluding tert-OH is 2. The summed E-state index contributed by atoms with van der Waals surface area (Å²) in [5.74, 6) is 2.14. The maximum Gasteiger partial charge on any atom is 0.165 e. The Morgan fingerprint density at radius 1 is 1.15 bits per heavy atom. The fourth-order valence-corrected chi connectivity index (χ4v) is 8.88. The molecule has 4 aliphatic rings. The molecule has 0 aromatic carbocycles. The van der Waals surface area contributed by atoms with E-state index in [9.17, 15) is 24.9 Å². The van der Waals surface area contributed by atoms with E-state index in [0.717, 1.165) is 38.5 Å². The SMILES string of the molecule is C=C(CC[C@@H](C)[C@H]1CC[C@H]2[C@@H]3CCC4C(=O)C(O)CC(=O)[C@]4(C)[C@H]3CC[C@]12C)C(C)(O)CO. The highest BCUT2D eigenvalue weighted by Gasteiger charge is 2.64. The smallest absolute Gasteiger partial charge is 0.165 e. The fraction of sp³-hybridized carbons (Fsp3) is 0.857. The molecule has 0 aromatic heterocycles. The van der Waals surface area contributed by atoms with Gasteiger partial charge in [0.2, 0.25) is 0 Å². The van der Waals surface area contributed by atoms with Crippen LogP contribution >= 0.6 is 0 Å². The van der Waals surface area contributed by atoms with Crippen LogP contribution in [0.15, 0.2) is 12.2 Å². The summed E-state index contributed by atoms with van der Waals surface area (Å²) in [6, 6.07) is 0. The summed E-state index contributed by atoms with van der Waals surface area (Å²) in [5, 5.41) is 29.9. The average molecular weight is 461 g/mol. The van der Waals surface area contributed by atoms with Gasteiger partial charge in [0.25, 0.3) is 0 Å². The van der Waals surface area contributed by atoms with Crippen LogP contribution in [0.4, 0.5) is 0 Å². The van der Waals surface area contributed by atoms with Gasteiger partial charge in [-0.1, -0.05) is 27.4 Å². The molecule has 4 saturated carbocycles. The largest absolute Gasteiger partial charge is 0.393 e. The first-order chi connectivity index (χ1) is 15.4. The zero-order valence-electron chi connectivity index (χ0n) is 21.0. The first-order valence-electron chi connectivity index (χ1n) is 13.1. The molecule has 186 valence electrons. The lowest BCUT2D eigenvalue weighted by Gasteiger charge is -2.59. The van der Waals surface area contributed by atoms with Crippen molar-refractivity contribution in [3.05, 3.63) is 12.2 Å². The fourth-order valence-electron chi connectivity index (χ4n) is 8.88. The van der Waals surface area contributed by atoms with Gasteiger partial charge in [-0.05, 0) is 98.9 Å². The van der Waals surface area contributed by atoms with Gasteiger partial charge in [-0.3, -0.25) is 9.59 Å². The van der Waals surface area contributed by atoms with Gasteiger partial charge in [-0.2, -0.15) is 0 Å². The van der Waals surface area contributed by atoms with E-state index < -0.39 is 17.1 Å². The van der Waals surface area contributed by atoms with Crippen LogP contribution in [0.1, 0.15) is 85.5 Å². The molecular weight excluding hydrogens is 416 g/mol. The third-order valence-corrected chi connectivity index (χ3v) is 11.1. The van der Waals surface area contributed by atoms with Gasteiger partial charge in [0.05, 0.1) is 6.61 Å². The van der Waals surface area contributed by atoms with Crippen molar-refractivity contribution in [2.45, 2.75) is 97.2 Å². The Bertz CT molecular complexity index is 817. The summed E-state index contributed by atoms with van der Waals surface area (Å²) in [5.41, 5.74) is -0.871. The van der Waals surface area contributed by atoms with Gasteiger partial charge in [0.1, 0.15) is 17.5 Å². The number of rotatable bonds is 6. The number of hydrogen-bond donors (Lipinski definition) is 3. The Morgan fingerprint density at radius 2 is 1.85 bits per heavy atom. The molecule has 3 unspecified atom stereocenters. The summed E-state index contributed by atoms with van der Waals surface area (Å²) in [7, 11) is 0. The van der Waals surface area contributed by atoms with Gasteiger partial charge in [-0.15, -0.1) is 0 Å². The molecule has 5 nitrogen and oxygen atoms in total. The zero-order chi connectivity index (χ0) is 24.3. The topological polar surface area (TPSA) is 94.8 Å². The number of carbonyl (C=O) groups is 2. The maximum atomic E-state index is 13.2. The van der Waals surface area contributed by atoms with E-state index >= 15 is 0 Å². The molecule has 0 spiro atoms. The van der Waals surface area contributed by atoms with Crippen LogP contribution in [0.2, 0.25) is 0 Å². The zero-order valence-corrected chi connectivity index (χ0v) is 21.0. The minimum atomic E-state index is -1.22. The van der Waals surface area contributed by atoms with Crippen LogP contribution in [0.25, 0.3) is 0 Å². The highest BCUT2D eigenvalue weighted by Crippen LogP contribution is 2.67. The van der Waals surface area contributed by atoms with Crippen LogP contribution in [-0.4, -0.2) is 45.2 Å². The van der Waals surface area contributed by atoms with Crippen molar-refractivity contribution in [3.63, 3.8) is 0 Å². The molecule has 0 radical (unpaired) electrons. The molecule has 0 saturated heterocycles. The monoisotopic (exact) mass is 460 g/mol. The van der Waals surface area contributed by atoms with E-state index in [1.165, 1.54) is 12.8 Å². The standard InChI is InChI=1S/C28H44O5/c1-16(6-7-17(2)27(4,33)15-29)19-10-11-20-18-8-9-22-25(32)23(30)14-24(31)28(22,5)21(18)12-13-26(19,20)3/h16,18-23,29-30,33H,2,6-15H2,1,3-5H3/t16-,18+,19-,20+,21+,22?,23?,26-,27?,28-/m1/s1. The molecule has 0 aromatic rings. The molecule has 4 fully saturated rings. The number of ketones is 2. The van der Waals surface area contributed by atoms with Gasteiger partial charge < -0.3 is 15.3 Å². The van der Waals surface area contributed by atoms with Gasteiger partial charge >= 0.3 is 0 Å². The molecule has 0 amide bonds. The van der Waals surface area contributed by atoms with Crippen LogP contribution < -0.4 is 0 Å². The van der Waals surface area contributed by atoms with Crippen molar-refractivity contribution in [1.29, 1.82) is 0 Å². The first-order valence-corrected chi connectivity index (χ1v) is 13.1. The van der Waals surface area contributed by atoms with Crippen molar-refractivity contribution in [3.8, 4) is 0 Å². The molecule has 10 atom stereocenters. The second-order valence-corrected chi connectivity index (χ2v) is 12.6. The Kier molecular flexibility index (Phi) is 6.51. The molecule has 0 heterocycles. The quantitative estimate of drug-likeness (QED) is 0.519. The predicted octanol–water partition coefficient (Wildman–Crippen LogP) is 4.08. The number of Topliss-reactive ketones (excluding diaryl/α,β-unsaturated/α-hetero) is 2. The molecule has 3 N–H and O–H groups in total. The third-order valence-electron chi connectivity index (χ3n) is 11.1. The van der Waals surface area contributed by atoms with E-state index in [2.05, 4.69) is 20.4 Å². The second-order valence-electron chi connectivity index (χ2n) is 12.6. The Morgan fingerprint density at radius 3 is 2.52 bits per heavy atom. The van der Waals surface area contributed by atoms with E-state index in [-0.39, 0.29) is 41.8 Å². The number of aliphatic hydroxyl groups is 3. The maximum absolute atomic E-state index is 13.2. The lowest BCUT2D eigenvalue weighted by atomic mass is 9.44. The van der Waals surface area contributed by atoms with E-state index in [1.54, 1.807) is 6.92 Å². The van der Waals surface area contributed by atoms with Crippen LogP contribution in [0.3, 0.4) is 0 Å². The summed E-state index contributed by atoms with van der Waals surface area (Å²) in [6.07, 6.45) is 6.78. The van der Waals surface area contributed by atoms with E-state index in [0.29, 0.717) is 29.2 Å². The van der Waals surface area contributed by atoms with Crippen molar-refractivity contribution < 1.29 is 24.9 Å². The summed E-state index contributed by atoms with van der Waals surface area (Å²) in [4.78, 5) is 26.0. The van der Waals surface area contributed by atoms with Crippen LogP contribution in [0, 0.1) is 46.3 Å². The minimum Gasteiger partial charge on any atom is -0.393 e. The Balaban J connectivity index is 1.49. The van der Waals surface area contributed by atoms with Crippen LogP contribution in [0.5, 0.6) is 0 Å². The summed E-state index contributed by atoms with van der Waals surface area (Å²) in [6.45, 7) is 12.2. The molecule has 4 aliphatic carbocycles. The molecule has 4 rings (SSSR count).